The number of carbonyl (C=O) groups is 2. The molecular formula is C20H20FN5O2S. The van der Waals surface area contributed by atoms with Crippen molar-refractivity contribution in [3.8, 4) is 0 Å². The maximum atomic E-state index is 13.0. The fourth-order valence-corrected chi connectivity index (χ4v) is 3.43. The summed E-state index contributed by atoms with van der Waals surface area (Å²) >= 11 is 1.15. The normalized spacial score (nSPS) is 11.8. The van der Waals surface area contributed by atoms with E-state index in [1.165, 1.54) is 23.7 Å². The number of halogens is 1. The second-order valence-corrected chi connectivity index (χ2v) is 7.73. The Bertz CT molecular complexity index is 1040. The number of thioether (sulfide) groups is 1. The van der Waals surface area contributed by atoms with Gasteiger partial charge in [0.05, 0.1) is 10.9 Å². The third-order valence-electron chi connectivity index (χ3n) is 4.23. The molecule has 0 fully saturated rings. The smallest absolute Gasteiger partial charge is 0.237 e. The highest BCUT2D eigenvalue weighted by Crippen LogP contribution is 2.24. The van der Waals surface area contributed by atoms with Crippen molar-refractivity contribution >= 4 is 29.1 Å². The second kappa shape index (κ2) is 8.87. The molecule has 1 atom stereocenters. The summed E-state index contributed by atoms with van der Waals surface area (Å²) in [5.41, 5.74) is 1.75. The minimum Gasteiger partial charge on any atom is -0.336 e. The summed E-state index contributed by atoms with van der Waals surface area (Å²) in [4.78, 5) is 24.3. The summed E-state index contributed by atoms with van der Waals surface area (Å²) in [5.74, 6) is 5.83. The monoisotopic (exact) mass is 413 g/mol. The van der Waals surface area contributed by atoms with Crippen molar-refractivity contribution in [3.63, 3.8) is 0 Å². The molecule has 9 heteroatoms. The summed E-state index contributed by atoms with van der Waals surface area (Å²) in [5, 5.41) is 10.7. The number of nitrogen functional groups attached to an aromatic ring is 1. The topological polar surface area (TPSA) is 103 Å². The van der Waals surface area contributed by atoms with E-state index >= 15 is 0 Å². The number of hydrogen-bond acceptors (Lipinski definition) is 6. The number of hydrogen-bond donors (Lipinski definition) is 2. The van der Waals surface area contributed by atoms with Crippen LogP contribution in [0.1, 0.15) is 35.6 Å². The van der Waals surface area contributed by atoms with Gasteiger partial charge < -0.3 is 11.2 Å². The Hall–Kier alpha value is -3.20. The number of Topliss-reactive ketones (excluding diaryl/α,β-unsaturated/α-hetero) is 1. The minimum atomic E-state index is -0.528. The summed E-state index contributed by atoms with van der Waals surface area (Å²) in [6.45, 7) is 3.16. The van der Waals surface area contributed by atoms with Crippen molar-refractivity contribution in [1.82, 2.24) is 14.9 Å². The Morgan fingerprint density at radius 1 is 1.17 bits per heavy atom. The fraction of sp³-hybridized carbons (Fsp3) is 0.200. The third-order valence-corrected chi connectivity index (χ3v) is 5.28. The molecule has 1 aromatic heterocycles. The Balaban J connectivity index is 1.67. The zero-order chi connectivity index (χ0) is 21.0. The zero-order valence-electron chi connectivity index (χ0n) is 15.9. The van der Waals surface area contributed by atoms with Gasteiger partial charge in [0.2, 0.25) is 11.1 Å². The second-order valence-electron chi connectivity index (χ2n) is 6.42. The standard InChI is InChI=1S/C20H20FN5O2S/c1-12(27)16-5-3-4-6-17(16)23-19(28)13(2)29-20-25-24-18(26(20)22)11-14-7-9-15(21)10-8-14/h3-10,13H,11,22H2,1-2H3,(H,23,28)/t13-/m1/s1. The third kappa shape index (κ3) is 5.00. The molecule has 0 aliphatic carbocycles. The highest BCUT2D eigenvalue weighted by molar-refractivity contribution is 8.00. The molecule has 0 radical (unpaired) electrons. The molecule has 2 aromatic carbocycles. The van der Waals surface area contributed by atoms with Crippen molar-refractivity contribution in [2.45, 2.75) is 30.7 Å². The summed E-state index contributed by atoms with van der Waals surface area (Å²) in [6.07, 6.45) is 0.386. The van der Waals surface area contributed by atoms with Crippen LogP contribution < -0.4 is 11.2 Å². The molecule has 0 saturated heterocycles. The molecule has 3 N–H and O–H groups in total. The van der Waals surface area contributed by atoms with Crippen molar-refractivity contribution in [1.29, 1.82) is 0 Å². The minimum absolute atomic E-state index is 0.131. The van der Waals surface area contributed by atoms with Gasteiger partial charge in [-0.2, -0.15) is 0 Å². The Kier molecular flexibility index (Phi) is 6.28. The highest BCUT2D eigenvalue weighted by atomic mass is 32.2. The molecular weight excluding hydrogens is 393 g/mol. The van der Waals surface area contributed by atoms with Gasteiger partial charge in [-0.3, -0.25) is 9.59 Å². The SMILES string of the molecule is CC(=O)c1ccccc1NC(=O)[C@@H](C)Sc1nnc(Cc2ccc(F)cc2)n1N. The van der Waals surface area contributed by atoms with E-state index in [1.54, 1.807) is 43.3 Å². The highest BCUT2D eigenvalue weighted by Gasteiger charge is 2.21. The lowest BCUT2D eigenvalue weighted by atomic mass is 10.1. The first kappa shape index (κ1) is 20.5. The number of para-hydroxylation sites is 1. The average Bonchev–Trinajstić information content (AvgIpc) is 3.03. The summed E-state index contributed by atoms with van der Waals surface area (Å²) < 4.78 is 14.4. The molecule has 0 bridgehead atoms. The quantitative estimate of drug-likeness (QED) is 0.351. The van der Waals surface area contributed by atoms with Crippen molar-refractivity contribution in [3.05, 3.63) is 71.3 Å². The van der Waals surface area contributed by atoms with Gasteiger partial charge in [0.1, 0.15) is 5.82 Å². The number of anilines is 1. The first-order valence-corrected chi connectivity index (χ1v) is 9.74. The largest absolute Gasteiger partial charge is 0.336 e. The van der Waals surface area contributed by atoms with Gasteiger partial charge in [0.15, 0.2) is 11.6 Å². The molecule has 0 saturated carbocycles. The van der Waals surface area contributed by atoms with Crippen LogP contribution in [0.3, 0.4) is 0 Å². The number of nitrogens with zero attached hydrogens (tertiary/aromatic N) is 3. The number of amides is 1. The lowest BCUT2D eigenvalue weighted by Crippen LogP contribution is -2.24. The Labute approximate surface area is 171 Å². The van der Waals surface area contributed by atoms with Crippen LogP contribution in [0.5, 0.6) is 0 Å². The number of nitrogens with one attached hydrogen (secondary N) is 1. The Morgan fingerprint density at radius 3 is 2.55 bits per heavy atom. The summed E-state index contributed by atoms with van der Waals surface area (Å²) in [7, 11) is 0. The number of ketones is 1. The maximum Gasteiger partial charge on any atom is 0.237 e. The van der Waals surface area contributed by atoms with E-state index < -0.39 is 5.25 Å². The molecule has 0 aliphatic heterocycles. The molecule has 0 unspecified atom stereocenters. The molecule has 0 spiro atoms. The van der Waals surface area contributed by atoms with Gasteiger partial charge in [-0.05, 0) is 43.7 Å². The first-order valence-electron chi connectivity index (χ1n) is 8.86. The number of aromatic nitrogens is 3. The Morgan fingerprint density at radius 2 is 1.86 bits per heavy atom. The van der Waals surface area contributed by atoms with E-state index in [4.69, 9.17) is 5.84 Å². The van der Waals surface area contributed by atoms with E-state index in [2.05, 4.69) is 15.5 Å². The molecule has 7 nitrogen and oxygen atoms in total. The predicted octanol–water partition coefficient (Wildman–Crippen LogP) is 3.04. The predicted molar refractivity (Wildman–Crippen MR) is 110 cm³/mol. The van der Waals surface area contributed by atoms with Crippen LogP contribution in [0.4, 0.5) is 10.1 Å². The molecule has 1 amide bonds. The van der Waals surface area contributed by atoms with Crippen LogP contribution in [0.25, 0.3) is 0 Å². The number of nitrogens with two attached hydrogens (primary N) is 1. The van der Waals surface area contributed by atoms with Crippen LogP contribution in [-0.2, 0) is 11.2 Å². The van der Waals surface area contributed by atoms with E-state index in [-0.39, 0.29) is 17.5 Å². The van der Waals surface area contributed by atoms with Crippen LogP contribution in [0, 0.1) is 5.82 Å². The van der Waals surface area contributed by atoms with Crippen molar-refractivity contribution in [2.75, 3.05) is 11.2 Å². The number of benzene rings is 2. The van der Waals surface area contributed by atoms with Crippen molar-refractivity contribution < 1.29 is 14.0 Å². The van der Waals surface area contributed by atoms with E-state index in [0.717, 1.165) is 17.3 Å². The molecule has 3 aromatic rings. The number of rotatable bonds is 7. The van der Waals surface area contributed by atoms with Gasteiger partial charge in [-0.1, -0.05) is 36.0 Å². The molecule has 29 heavy (non-hydrogen) atoms. The van der Waals surface area contributed by atoms with Crippen LogP contribution in [0.2, 0.25) is 0 Å². The summed E-state index contributed by atoms with van der Waals surface area (Å²) in [6, 6.07) is 12.9. The van der Waals surface area contributed by atoms with Gasteiger partial charge in [0, 0.05) is 12.0 Å². The average molecular weight is 413 g/mol. The van der Waals surface area contributed by atoms with Crippen LogP contribution in [-0.4, -0.2) is 31.8 Å². The van der Waals surface area contributed by atoms with Gasteiger partial charge in [-0.15, -0.1) is 10.2 Å². The van der Waals surface area contributed by atoms with Crippen LogP contribution in [0.15, 0.2) is 53.7 Å². The lowest BCUT2D eigenvalue weighted by Gasteiger charge is -2.13. The van der Waals surface area contributed by atoms with E-state index in [9.17, 15) is 14.0 Å². The van der Waals surface area contributed by atoms with E-state index in [1.807, 2.05) is 0 Å². The van der Waals surface area contributed by atoms with Gasteiger partial charge >= 0.3 is 0 Å². The lowest BCUT2D eigenvalue weighted by molar-refractivity contribution is -0.115. The maximum absolute atomic E-state index is 13.0. The molecule has 150 valence electrons. The van der Waals surface area contributed by atoms with Crippen LogP contribution >= 0.6 is 11.8 Å². The van der Waals surface area contributed by atoms with Gasteiger partial charge in [-0.25, -0.2) is 9.07 Å². The molecule has 1 heterocycles. The molecule has 3 rings (SSSR count). The molecule has 0 aliphatic rings. The van der Waals surface area contributed by atoms with Crippen molar-refractivity contribution in [2.24, 2.45) is 0 Å². The van der Waals surface area contributed by atoms with Gasteiger partial charge in [0.25, 0.3) is 0 Å². The zero-order valence-corrected chi connectivity index (χ0v) is 16.7. The van der Waals surface area contributed by atoms with E-state index in [0.29, 0.717) is 28.7 Å². The first-order chi connectivity index (χ1) is 13.8. The number of carbonyl (C=O) groups excluding carboxylic acids is 2. The fourth-order valence-electron chi connectivity index (χ4n) is 2.64.